The quantitative estimate of drug-likeness (QED) is 0.530. The molecule has 4 nitrogen and oxygen atoms in total. The molecule has 0 radical (unpaired) electrons. The summed E-state index contributed by atoms with van der Waals surface area (Å²) in [5.74, 6) is -0.714. The van der Waals surface area contributed by atoms with Gasteiger partial charge in [0.2, 0.25) is 0 Å². The lowest BCUT2D eigenvalue weighted by Crippen LogP contribution is -2.55. The Hall–Kier alpha value is -0.580. The maximum atomic E-state index is 12.1. The third kappa shape index (κ3) is 3.94. The number of hydrogen-bond acceptors (Lipinski definition) is 2. The Morgan fingerprint density at radius 2 is 1.68 bits per heavy atom. The van der Waals surface area contributed by atoms with E-state index in [2.05, 4.69) is 29.8 Å². The molecular formula is C14H25BrN2O2. The van der Waals surface area contributed by atoms with Crippen molar-refractivity contribution >= 4 is 27.7 Å². The van der Waals surface area contributed by atoms with Crippen molar-refractivity contribution in [2.75, 3.05) is 32.0 Å². The highest BCUT2D eigenvalue weighted by Crippen LogP contribution is 2.33. The zero-order valence-corrected chi connectivity index (χ0v) is 13.8. The summed E-state index contributed by atoms with van der Waals surface area (Å²) in [7, 11) is 1.69. The van der Waals surface area contributed by atoms with Crippen LogP contribution in [0, 0.1) is 5.41 Å². The smallest absolute Gasteiger partial charge is 0.312 e. The predicted octanol–water partition coefficient (Wildman–Crippen LogP) is 2.27. The van der Waals surface area contributed by atoms with Gasteiger partial charge in [-0.25, -0.2) is 0 Å². The second kappa shape index (κ2) is 7.27. The molecule has 1 saturated heterocycles. The summed E-state index contributed by atoms with van der Waals surface area (Å²) in [6.45, 7) is 6.33. The minimum atomic E-state index is -0.372. The number of rotatable bonds is 7. The van der Waals surface area contributed by atoms with Gasteiger partial charge in [-0.1, -0.05) is 42.6 Å². The summed E-state index contributed by atoms with van der Waals surface area (Å²) in [5.41, 5.74) is 0.106. The van der Waals surface area contributed by atoms with Gasteiger partial charge in [-0.2, -0.15) is 0 Å². The number of alkyl halides is 1. The van der Waals surface area contributed by atoms with Gasteiger partial charge in [-0.3, -0.25) is 9.59 Å². The number of piperazine rings is 1. The highest BCUT2D eigenvalue weighted by atomic mass is 79.9. The molecule has 1 heterocycles. The van der Waals surface area contributed by atoms with E-state index in [1.165, 1.54) is 4.90 Å². The Morgan fingerprint density at radius 1 is 1.11 bits per heavy atom. The van der Waals surface area contributed by atoms with Crippen molar-refractivity contribution < 1.29 is 9.59 Å². The Labute approximate surface area is 124 Å². The van der Waals surface area contributed by atoms with Crippen molar-refractivity contribution in [3.8, 4) is 0 Å². The first-order valence-corrected chi connectivity index (χ1v) is 8.22. The summed E-state index contributed by atoms with van der Waals surface area (Å²) < 4.78 is 0. The van der Waals surface area contributed by atoms with E-state index < -0.39 is 0 Å². The molecule has 0 aromatic rings. The molecule has 19 heavy (non-hydrogen) atoms. The van der Waals surface area contributed by atoms with Crippen molar-refractivity contribution in [3.05, 3.63) is 0 Å². The van der Waals surface area contributed by atoms with Crippen molar-refractivity contribution in [2.24, 2.45) is 5.41 Å². The molecule has 1 aliphatic heterocycles. The van der Waals surface area contributed by atoms with Gasteiger partial charge < -0.3 is 9.80 Å². The summed E-state index contributed by atoms with van der Waals surface area (Å²) >= 11 is 3.62. The Kier molecular flexibility index (Phi) is 6.30. The second-order valence-electron chi connectivity index (χ2n) is 5.59. The summed E-state index contributed by atoms with van der Waals surface area (Å²) in [4.78, 5) is 27.1. The minimum Gasteiger partial charge on any atom is -0.336 e. The number of halogens is 1. The molecule has 2 amide bonds. The maximum Gasteiger partial charge on any atom is 0.312 e. The monoisotopic (exact) mass is 332 g/mol. The summed E-state index contributed by atoms with van der Waals surface area (Å²) in [6, 6.07) is 0. The van der Waals surface area contributed by atoms with Gasteiger partial charge in [0, 0.05) is 32.0 Å². The van der Waals surface area contributed by atoms with Crippen LogP contribution in [0.2, 0.25) is 0 Å². The zero-order valence-electron chi connectivity index (χ0n) is 12.2. The molecule has 0 bridgehead atoms. The van der Waals surface area contributed by atoms with E-state index in [4.69, 9.17) is 0 Å². The van der Waals surface area contributed by atoms with Gasteiger partial charge in [0.05, 0.1) is 0 Å². The van der Waals surface area contributed by atoms with Gasteiger partial charge >= 0.3 is 11.8 Å². The van der Waals surface area contributed by atoms with E-state index in [0.717, 1.165) is 31.0 Å². The topological polar surface area (TPSA) is 40.6 Å². The standard InChI is InChI=1S/C14H25BrN2O2/c1-4-6-14(10-15,7-5-2)11-17-9-8-16(3)12(18)13(17)19/h4-11H2,1-3H3. The van der Waals surface area contributed by atoms with Crippen LogP contribution in [0.5, 0.6) is 0 Å². The van der Waals surface area contributed by atoms with Crippen LogP contribution in [0.3, 0.4) is 0 Å². The van der Waals surface area contributed by atoms with Gasteiger partial charge in [0.25, 0.3) is 0 Å². The van der Waals surface area contributed by atoms with E-state index in [1.54, 1.807) is 11.9 Å². The first-order chi connectivity index (χ1) is 8.99. The molecule has 0 aromatic carbocycles. The van der Waals surface area contributed by atoms with Crippen molar-refractivity contribution in [3.63, 3.8) is 0 Å². The lowest BCUT2D eigenvalue weighted by molar-refractivity contribution is -0.156. The van der Waals surface area contributed by atoms with E-state index in [-0.39, 0.29) is 17.2 Å². The molecule has 1 aliphatic rings. The number of carbonyl (C=O) groups excluding carboxylic acids is 2. The Morgan fingerprint density at radius 3 is 2.16 bits per heavy atom. The molecule has 1 rings (SSSR count). The molecule has 0 spiro atoms. The fraction of sp³-hybridized carbons (Fsp3) is 0.857. The van der Waals surface area contributed by atoms with Crippen LogP contribution in [0.1, 0.15) is 39.5 Å². The summed E-state index contributed by atoms with van der Waals surface area (Å²) in [6.07, 6.45) is 4.36. The van der Waals surface area contributed by atoms with Crippen LogP contribution >= 0.6 is 15.9 Å². The molecule has 0 unspecified atom stereocenters. The van der Waals surface area contributed by atoms with Gasteiger partial charge in [0.1, 0.15) is 0 Å². The number of likely N-dealkylation sites (N-methyl/N-ethyl adjacent to an activating group) is 1. The van der Waals surface area contributed by atoms with Crippen LogP contribution in [-0.2, 0) is 9.59 Å². The zero-order chi connectivity index (χ0) is 14.5. The van der Waals surface area contributed by atoms with E-state index in [1.807, 2.05) is 0 Å². The summed E-state index contributed by atoms with van der Waals surface area (Å²) in [5, 5.41) is 0.884. The Bertz CT molecular complexity index is 327. The number of hydrogen-bond donors (Lipinski definition) is 0. The molecule has 0 aromatic heterocycles. The highest BCUT2D eigenvalue weighted by Gasteiger charge is 2.36. The van der Waals surface area contributed by atoms with E-state index in [0.29, 0.717) is 19.6 Å². The lowest BCUT2D eigenvalue weighted by Gasteiger charge is -2.40. The van der Waals surface area contributed by atoms with Crippen LogP contribution < -0.4 is 0 Å². The van der Waals surface area contributed by atoms with Crippen LogP contribution in [-0.4, -0.2) is 53.6 Å². The first-order valence-electron chi connectivity index (χ1n) is 7.10. The molecule has 5 heteroatoms. The molecule has 0 N–H and O–H groups in total. The molecule has 110 valence electrons. The largest absolute Gasteiger partial charge is 0.336 e. The van der Waals surface area contributed by atoms with Crippen molar-refractivity contribution in [1.29, 1.82) is 0 Å². The third-order valence-electron chi connectivity index (χ3n) is 3.89. The minimum absolute atomic E-state index is 0.106. The predicted molar refractivity (Wildman–Crippen MR) is 80.3 cm³/mol. The molecule has 1 fully saturated rings. The average Bonchev–Trinajstić information content (AvgIpc) is 2.40. The fourth-order valence-corrected chi connectivity index (χ4v) is 3.59. The number of nitrogens with zero attached hydrogens (tertiary/aromatic N) is 2. The second-order valence-corrected chi connectivity index (χ2v) is 6.15. The van der Waals surface area contributed by atoms with Crippen molar-refractivity contribution in [2.45, 2.75) is 39.5 Å². The normalized spacial score (nSPS) is 17.3. The van der Waals surface area contributed by atoms with Gasteiger partial charge in [0.15, 0.2) is 0 Å². The van der Waals surface area contributed by atoms with Crippen LogP contribution in [0.25, 0.3) is 0 Å². The van der Waals surface area contributed by atoms with Crippen molar-refractivity contribution in [1.82, 2.24) is 9.80 Å². The Balaban J connectivity index is 2.78. The highest BCUT2D eigenvalue weighted by molar-refractivity contribution is 9.09. The molecule has 0 aliphatic carbocycles. The SMILES string of the molecule is CCCC(CBr)(CCC)CN1CCN(C)C(=O)C1=O. The van der Waals surface area contributed by atoms with Gasteiger partial charge in [-0.15, -0.1) is 0 Å². The number of carbonyl (C=O) groups is 2. The van der Waals surface area contributed by atoms with Gasteiger partial charge in [-0.05, 0) is 18.3 Å². The van der Waals surface area contributed by atoms with E-state index in [9.17, 15) is 9.59 Å². The fourth-order valence-electron chi connectivity index (χ4n) is 2.85. The maximum absolute atomic E-state index is 12.1. The molecule has 0 atom stereocenters. The number of amides is 2. The molecular weight excluding hydrogens is 308 g/mol. The average molecular weight is 333 g/mol. The lowest BCUT2D eigenvalue weighted by atomic mass is 9.80. The third-order valence-corrected chi connectivity index (χ3v) is 5.08. The van der Waals surface area contributed by atoms with E-state index >= 15 is 0 Å². The first kappa shape index (κ1) is 16.5. The van der Waals surface area contributed by atoms with Crippen LogP contribution in [0.15, 0.2) is 0 Å². The van der Waals surface area contributed by atoms with Crippen LogP contribution in [0.4, 0.5) is 0 Å². The molecule has 0 saturated carbocycles.